The maximum Gasteiger partial charge on any atom is 0.409 e. The largest absolute Gasteiger partial charge is 0.459 e. The number of oxime groups is 1. The van der Waals surface area contributed by atoms with Crippen molar-refractivity contribution in [1.29, 1.82) is 0 Å². The van der Waals surface area contributed by atoms with Crippen LogP contribution in [-0.4, -0.2) is 83.8 Å². The molecule has 2 aromatic rings. The number of carbonyl (C=O) groups is 1. The van der Waals surface area contributed by atoms with Crippen molar-refractivity contribution in [3.63, 3.8) is 0 Å². The van der Waals surface area contributed by atoms with E-state index in [0.29, 0.717) is 42.4 Å². The number of unbranched alkanes of at least 4 members (excludes halogenated alkanes) is 2. The molecule has 0 radical (unpaired) electrons. The minimum Gasteiger partial charge on any atom is -0.459 e. The van der Waals surface area contributed by atoms with Crippen molar-refractivity contribution in [1.82, 2.24) is 4.90 Å². The van der Waals surface area contributed by atoms with E-state index in [1.807, 2.05) is 19.1 Å². The Morgan fingerprint density at radius 2 is 1.85 bits per heavy atom. The molecule has 3 aliphatic rings. The molecule has 1 fully saturated rings. The fraction of sp³-hybridized carbons (Fsp3) is 0.538. The first-order valence-corrected chi connectivity index (χ1v) is 18.2. The molecule has 6 unspecified atom stereocenters. The zero-order valence-electron chi connectivity index (χ0n) is 30.3. The van der Waals surface area contributed by atoms with E-state index >= 15 is 0 Å². The van der Waals surface area contributed by atoms with Crippen LogP contribution in [0.5, 0.6) is 17.2 Å². The van der Waals surface area contributed by atoms with Gasteiger partial charge in [-0.15, -0.1) is 6.58 Å². The van der Waals surface area contributed by atoms with Crippen LogP contribution in [-0.2, 0) is 14.3 Å². The Morgan fingerprint density at radius 3 is 2.54 bits per heavy atom. The third kappa shape index (κ3) is 8.11. The molecular weight excluding hydrogens is 670 g/mol. The molecule has 6 atom stereocenters. The summed E-state index contributed by atoms with van der Waals surface area (Å²) in [7, 11) is 1.68. The Hall–Kier alpha value is -4.46. The van der Waals surface area contributed by atoms with Gasteiger partial charge in [-0.05, 0) is 81.2 Å². The highest BCUT2D eigenvalue weighted by molar-refractivity contribution is 6.02. The Kier molecular flexibility index (Phi) is 13.3. The molecule has 0 saturated heterocycles. The molecule has 1 saturated carbocycles. The molecule has 0 aromatic heterocycles. The number of allylic oxidation sites excluding steroid dienone is 1. The summed E-state index contributed by atoms with van der Waals surface area (Å²) in [4.78, 5) is 31.7. The Balaban J connectivity index is 1.74. The number of aliphatic hydroxyl groups excluding tert-OH is 2. The van der Waals surface area contributed by atoms with Crippen molar-refractivity contribution in [2.24, 2.45) is 22.9 Å². The molecule has 1 amide bonds. The van der Waals surface area contributed by atoms with Gasteiger partial charge in [-0.3, -0.25) is 10.1 Å². The number of benzene rings is 2. The SMILES string of the molecule is C=CCOC12Oc3ccc(Oc4cccc([N+](=O)[O-])c4)cc3C3C(CCCCO)C(CCCCO)C=C(C(=NOCC)CC1N(C)C(=O)OCC)C32. The van der Waals surface area contributed by atoms with Gasteiger partial charge in [0.2, 0.25) is 5.79 Å². The number of hydrogen-bond acceptors (Lipinski definition) is 11. The maximum absolute atomic E-state index is 13.5. The second kappa shape index (κ2) is 17.8. The topological polar surface area (TPSA) is 162 Å². The quantitative estimate of drug-likeness (QED) is 0.0701. The molecule has 13 nitrogen and oxygen atoms in total. The monoisotopic (exact) mass is 721 g/mol. The molecular formula is C39H51N3O10. The number of amides is 1. The van der Waals surface area contributed by atoms with Gasteiger partial charge in [0, 0.05) is 44.2 Å². The van der Waals surface area contributed by atoms with Crippen LogP contribution in [0.2, 0.25) is 0 Å². The highest BCUT2D eigenvalue weighted by Crippen LogP contribution is 2.62. The molecule has 0 bridgehead atoms. The first-order valence-electron chi connectivity index (χ1n) is 18.2. The smallest absolute Gasteiger partial charge is 0.409 e. The van der Waals surface area contributed by atoms with Gasteiger partial charge < -0.3 is 38.9 Å². The van der Waals surface area contributed by atoms with E-state index in [1.54, 1.807) is 38.2 Å². The molecule has 52 heavy (non-hydrogen) atoms. The fourth-order valence-electron chi connectivity index (χ4n) is 8.08. The summed E-state index contributed by atoms with van der Waals surface area (Å²) in [6.45, 7) is 8.39. The number of rotatable bonds is 18. The molecule has 1 heterocycles. The van der Waals surface area contributed by atoms with Crippen molar-refractivity contribution in [2.45, 2.75) is 76.5 Å². The standard InChI is InChI=1S/C39H51N3O10/c1-5-21-49-39-35(41(4)38(45)48-6-2)25-33(40-50-7-3)31-22-26(13-8-10-19-43)30(16-9-11-20-44)36(37(31)39)32-24-29(17-18-34(32)52-39)51-28-15-12-14-27(23-28)42(46)47/h5,12,14-15,17-18,22-24,26,30,35-37,43-44H,1,6-11,13,16,19-21,25H2,2-4H3. The molecule has 13 heteroatoms. The minimum atomic E-state index is -1.39. The molecule has 5 rings (SSSR count). The van der Waals surface area contributed by atoms with Crippen LogP contribution >= 0.6 is 0 Å². The number of aliphatic hydroxyl groups is 2. The van der Waals surface area contributed by atoms with E-state index in [4.69, 9.17) is 23.8 Å². The van der Waals surface area contributed by atoms with Crippen LogP contribution in [0.15, 0.2) is 71.9 Å². The van der Waals surface area contributed by atoms with Crippen LogP contribution in [0.1, 0.15) is 70.3 Å². The number of nitrogens with zero attached hydrogens (tertiary/aromatic N) is 3. The molecule has 282 valence electrons. The fourth-order valence-corrected chi connectivity index (χ4v) is 8.08. The predicted octanol–water partition coefficient (Wildman–Crippen LogP) is 7.13. The molecule has 1 aliphatic heterocycles. The van der Waals surface area contributed by atoms with Gasteiger partial charge in [0.1, 0.15) is 29.9 Å². The molecule has 2 N–H and O–H groups in total. The lowest BCUT2D eigenvalue weighted by molar-refractivity contribution is -0.384. The van der Waals surface area contributed by atoms with E-state index in [1.165, 1.54) is 17.0 Å². The average molecular weight is 722 g/mol. The first-order chi connectivity index (χ1) is 25.2. The second-order valence-electron chi connectivity index (χ2n) is 13.4. The Bertz CT molecular complexity index is 1630. The highest BCUT2D eigenvalue weighted by Gasteiger charge is 2.65. The predicted molar refractivity (Wildman–Crippen MR) is 195 cm³/mol. The van der Waals surface area contributed by atoms with E-state index < -0.39 is 28.8 Å². The lowest BCUT2D eigenvalue weighted by Crippen LogP contribution is -2.69. The third-order valence-corrected chi connectivity index (χ3v) is 10.2. The summed E-state index contributed by atoms with van der Waals surface area (Å²) >= 11 is 0. The van der Waals surface area contributed by atoms with Gasteiger partial charge in [-0.2, -0.15) is 0 Å². The molecule has 0 spiro atoms. The van der Waals surface area contributed by atoms with E-state index in [0.717, 1.165) is 36.8 Å². The minimum absolute atomic E-state index is 0.0291. The van der Waals surface area contributed by atoms with Gasteiger partial charge in [0.15, 0.2) is 0 Å². The lowest BCUT2D eigenvalue weighted by atomic mass is 9.55. The number of likely N-dealkylation sites (N-methyl/N-ethyl adjacent to an activating group) is 1. The third-order valence-electron chi connectivity index (χ3n) is 10.2. The highest BCUT2D eigenvalue weighted by atomic mass is 16.7. The summed E-state index contributed by atoms with van der Waals surface area (Å²) in [5.74, 6) is -0.659. The maximum atomic E-state index is 13.5. The molecule has 2 aliphatic carbocycles. The van der Waals surface area contributed by atoms with Crippen LogP contribution in [0.3, 0.4) is 0 Å². The van der Waals surface area contributed by atoms with Crippen molar-refractivity contribution in [3.8, 4) is 17.2 Å². The van der Waals surface area contributed by atoms with Crippen LogP contribution in [0.25, 0.3) is 0 Å². The van der Waals surface area contributed by atoms with E-state index in [9.17, 15) is 25.1 Å². The van der Waals surface area contributed by atoms with E-state index in [2.05, 4.69) is 17.8 Å². The number of carbonyl (C=O) groups excluding carboxylic acids is 1. The normalized spacial score (nSPS) is 25.2. The van der Waals surface area contributed by atoms with Gasteiger partial charge in [0.05, 0.1) is 35.8 Å². The molecule has 2 aromatic carbocycles. The van der Waals surface area contributed by atoms with Crippen LogP contribution < -0.4 is 9.47 Å². The summed E-state index contributed by atoms with van der Waals surface area (Å²) in [5, 5.41) is 35.6. The summed E-state index contributed by atoms with van der Waals surface area (Å²) in [6.07, 6.45) is 8.14. The zero-order chi connectivity index (χ0) is 37.3. The Morgan fingerprint density at radius 1 is 1.10 bits per heavy atom. The average Bonchev–Trinajstić information content (AvgIpc) is 3.14. The lowest BCUT2D eigenvalue weighted by Gasteiger charge is -2.59. The van der Waals surface area contributed by atoms with Crippen molar-refractivity contribution in [2.75, 3.05) is 40.1 Å². The van der Waals surface area contributed by atoms with Crippen molar-refractivity contribution in [3.05, 3.63) is 82.4 Å². The number of hydrogen-bond donors (Lipinski definition) is 2. The number of fused-ring (bicyclic) bond motifs is 2. The first kappa shape index (κ1) is 38.8. The summed E-state index contributed by atoms with van der Waals surface area (Å²) in [5.41, 5.74) is 2.39. The van der Waals surface area contributed by atoms with Crippen LogP contribution in [0, 0.1) is 27.9 Å². The summed E-state index contributed by atoms with van der Waals surface area (Å²) < 4.78 is 25.6. The van der Waals surface area contributed by atoms with E-state index in [-0.39, 0.29) is 56.3 Å². The Labute approximate surface area is 305 Å². The van der Waals surface area contributed by atoms with Gasteiger partial charge in [-0.1, -0.05) is 36.2 Å². The number of ether oxygens (including phenoxy) is 4. The number of nitro groups is 1. The number of non-ortho nitro benzene ring substituents is 1. The zero-order valence-corrected chi connectivity index (χ0v) is 30.3. The second-order valence-corrected chi connectivity index (χ2v) is 13.4. The van der Waals surface area contributed by atoms with Gasteiger partial charge in [-0.25, -0.2) is 4.79 Å². The number of nitro benzene ring substituents is 1. The van der Waals surface area contributed by atoms with Gasteiger partial charge in [0.25, 0.3) is 5.69 Å². The summed E-state index contributed by atoms with van der Waals surface area (Å²) in [6, 6.07) is 10.9. The van der Waals surface area contributed by atoms with Gasteiger partial charge >= 0.3 is 6.09 Å². The van der Waals surface area contributed by atoms with Crippen molar-refractivity contribution < 1.29 is 43.7 Å². The van der Waals surface area contributed by atoms with Crippen LogP contribution in [0.4, 0.5) is 10.5 Å². The van der Waals surface area contributed by atoms with Crippen molar-refractivity contribution >= 4 is 17.5 Å².